The number of β-lactam (4-membered cyclic amide) rings is 1. The van der Waals surface area contributed by atoms with Gasteiger partial charge in [0.2, 0.25) is 0 Å². The van der Waals surface area contributed by atoms with Crippen LogP contribution in [0.4, 0.5) is 5.69 Å². The zero-order valence-electron chi connectivity index (χ0n) is 12.0. The lowest BCUT2D eigenvalue weighted by Gasteiger charge is -2.46. The van der Waals surface area contributed by atoms with Crippen molar-refractivity contribution in [2.45, 2.75) is 12.1 Å². The fraction of sp³-hybridized carbons (Fsp3) is 0.235. The van der Waals surface area contributed by atoms with E-state index in [9.17, 15) is 4.79 Å². The minimum Gasteiger partial charge on any atom is -0.497 e. The Kier molecular flexibility index (Phi) is 3.62. The second-order valence-corrected chi connectivity index (χ2v) is 4.92. The highest BCUT2D eigenvalue weighted by molar-refractivity contribution is 6.05. The molecular weight excluding hydrogens is 266 g/mol. The summed E-state index contributed by atoms with van der Waals surface area (Å²) in [4.78, 5) is 14.1. The largest absolute Gasteiger partial charge is 0.497 e. The molecule has 1 aliphatic heterocycles. The van der Waals surface area contributed by atoms with Crippen LogP contribution in [0.25, 0.3) is 0 Å². The number of hydrogen-bond acceptors (Lipinski definition) is 3. The smallest absolute Gasteiger partial charge is 0.259 e. The van der Waals surface area contributed by atoms with Crippen LogP contribution in [0.5, 0.6) is 5.75 Å². The number of nitrogens with zero attached hydrogens (tertiary/aromatic N) is 1. The molecule has 0 aliphatic carbocycles. The highest BCUT2D eigenvalue weighted by Gasteiger charge is 2.49. The van der Waals surface area contributed by atoms with Crippen molar-refractivity contribution in [3.05, 3.63) is 60.2 Å². The summed E-state index contributed by atoms with van der Waals surface area (Å²) in [5, 5.41) is 0. The van der Waals surface area contributed by atoms with E-state index >= 15 is 0 Å². The van der Waals surface area contributed by atoms with E-state index in [1.54, 1.807) is 19.1 Å². The van der Waals surface area contributed by atoms with E-state index in [1.807, 2.05) is 54.6 Å². The first kappa shape index (κ1) is 13.6. The van der Waals surface area contributed by atoms with E-state index in [-0.39, 0.29) is 11.9 Å². The summed E-state index contributed by atoms with van der Waals surface area (Å²) in [5.74, 6) is 0.753. The van der Waals surface area contributed by atoms with Gasteiger partial charge >= 0.3 is 0 Å². The van der Waals surface area contributed by atoms with Gasteiger partial charge in [0.05, 0.1) is 13.2 Å². The molecule has 4 nitrogen and oxygen atoms in total. The maximum atomic E-state index is 12.3. The summed E-state index contributed by atoms with van der Waals surface area (Å²) in [5.41, 5.74) is 1.92. The third-order valence-electron chi connectivity index (χ3n) is 3.79. The normalized spacial score (nSPS) is 21.0. The van der Waals surface area contributed by atoms with Gasteiger partial charge in [-0.1, -0.05) is 30.3 Å². The standard InChI is InChI=1S/C17H17NO3/c1-20-14-10-8-13(9-11-14)18-15(16(21-2)17(18)19)12-6-4-3-5-7-12/h3-11,15-16H,1-2H3. The number of hydrogen-bond donors (Lipinski definition) is 0. The third-order valence-corrected chi connectivity index (χ3v) is 3.79. The molecule has 3 rings (SSSR count). The molecular formula is C17H17NO3. The quantitative estimate of drug-likeness (QED) is 0.810. The minimum atomic E-state index is -0.422. The van der Waals surface area contributed by atoms with Crippen LogP contribution < -0.4 is 9.64 Å². The number of ether oxygens (including phenoxy) is 2. The molecule has 1 aliphatic rings. The minimum absolute atomic E-state index is 0.0171. The topological polar surface area (TPSA) is 38.8 Å². The van der Waals surface area contributed by atoms with Crippen LogP contribution in [0.2, 0.25) is 0 Å². The number of carbonyl (C=O) groups excluding carboxylic acids is 1. The van der Waals surface area contributed by atoms with E-state index in [0.717, 1.165) is 17.0 Å². The molecule has 1 fully saturated rings. The van der Waals surface area contributed by atoms with Gasteiger partial charge in [-0.05, 0) is 29.8 Å². The van der Waals surface area contributed by atoms with Crippen LogP contribution in [0.1, 0.15) is 11.6 Å². The van der Waals surface area contributed by atoms with Crippen LogP contribution >= 0.6 is 0 Å². The first-order chi connectivity index (χ1) is 10.3. The van der Waals surface area contributed by atoms with Gasteiger partial charge in [-0.2, -0.15) is 0 Å². The van der Waals surface area contributed by atoms with E-state index in [1.165, 1.54) is 0 Å². The number of amides is 1. The van der Waals surface area contributed by atoms with E-state index in [2.05, 4.69) is 0 Å². The molecule has 1 saturated heterocycles. The summed E-state index contributed by atoms with van der Waals surface area (Å²) in [7, 11) is 3.20. The highest BCUT2D eigenvalue weighted by atomic mass is 16.5. The Bertz CT molecular complexity index is 624. The van der Waals surface area contributed by atoms with Gasteiger partial charge < -0.3 is 9.47 Å². The predicted molar refractivity (Wildman–Crippen MR) is 80.5 cm³/mol. The number of benzene rings is 2. The molecule has 2 aromatic carbocycles. The first-order valence-corrected chi connectivity index (χ1v) is 6.81. The van der Waals surface area contributed by atoms with Crippen molar-refractivity contribution in [2.75, 3.05) is 19.1 Å². The van der Waals surface area contributed by atoms with Gasteiger partial charge in [0.25, 0.3) is 5.91 Å². The van der Waals surface area contributed by atoms with Crippen molar-refractivity contribution in [1.82, 2.24) is 0 Å². The van der Waals surface area contributed by atoms with Crippen molar-refractivity contribution >= 4 is 11.6 Å². The Labute approximate surface area is 123 Å². The summed E-state index contributed by atoms with van der Waals surface area (Å²) in [6.45, 7) is 0. The molecule has 0 bridgehead atoms. The van der Waals surface area contributed by atoms with Gasteiger partial charge in [-0.15, -0.1) is 0 Å². The monoisotopic (exact) mass is 283 g/mol. The van der Waals surface area contributed by atoms with Gasteiger partial charge in [-0.25, -0.2) is 0 Å². The van der Waals surface area contributed by atoms with Gasteiger partial charge in [0.1, 0.15) is 5.75 Å². The Morgan fingerprint density at radius 1 is 0.952 bits per heavy atom. The highest BCUT2D eigenvalue weighted by Crippen LogP contribution is 2.40. The molecule has 0 radical (unpaired) electrons. The average Bonchev–Trinajstić information content (AvgIpc) is 2.54. The van der Waals surface area contributed by atoms with Crippen molar-refractivity contribution < 1.29 is 14.3 Å². The maximum absolute atomic E-state index is 12.3. The Hall–Kier alpha value is -2.33. The van der Waals surface area contributed by atoms with Crippen molar-refractivity contribution in [3.8, 4) is 5.75 Å². The second kappa shape index (κ2) is 5.58. The van der Waals surface area contributed by atoms with Crippen LogP contribution in [0, 0.1) is 0 Å². The molecule has 2 aromatic rings. The van der Waals surface area contributed by atoms with Crippen LogP contribution in [0.3, 0.4) is 0 Å². The van der Waals surface area contributed by atoms with Crippen molar-refractivity contribution in [3.63, 3.8) is 0 Å². The van der Waals surface area contributed by atoms with Crippen LogP contribution in [-0.4, -0.2) is 26.2 Å². The molecule has 108 valence electrons. The van der Waals surface area contributed by atoms with Crippen molar-refractivity contribution in [2.24, 2.45) is 0 Å². The van der Waals surface area contributed by atoms with Gasteiger partial charge in [0.15, 0.2) is 6.10 Å². The summed E-state index contributed by atoms with van der Waals surface area (Å²) in [6.07, 6.45) is -0.422. The van der Waals surface area contributed by atoms with E-state index < -0.39 is 6.10 Å². The number of anilines is 1. The van der Waals surface area contributed by atoms with Crippen LogP contribution in [-0.2, 0) is 9.53 Å². The SMILES string of the molecule is COc1ccc(N2C(=O)C(OC)C2c2ccccc2)cc1. The molecule has 4 heteroatoms. The first-order valence-electron chi connectivity index (χ1n) is 6.81. The molecule has 0 saturated carbocycles. The Balaban J connectivity index is 1.94. The zero-order valence-corrected chi connectivity index (χ0v) is 12.0. The molecule has 2 unspecified atom stereocenters. The Morgan fingerprint density at radius 3 is 2.19 bits per heavy atom. The van der Waals surface area contributed by atoms with E-state index in [4.69, 9.17) is 9.47 Å². The lowest BCUT2D eigenvalue weighted by molar-refractivity contribution is -0.139. The molecule has 0 aromatic heterocycles. The lowest BCUT2D eigenvalue weighted by Crippen LogP contribution is -2.59. The second-order valence-electron chi connectivity index (χ2n) is 4.92. The molecule has 0 N–H and O–H groups in total. The van der Waals surface area contributed by atoms with Crippen LogP contribution in [0.15, 0.2) is 54.6 Å². The number of carbonyl (C=O) groups is 1. The maximum Gasteiger partial charge on any atom is 0.259 e. The fourth-order valence-corrected chi connectivity index (χ4v) is 2.70. The molecule has 2 atom stereocenters. The third kappa shape index (κ3) is 2.28. The van der Waals surface area contributed by atoms with Crippen molar-refractivity contribution in [1.29, 1.82) is 0 Å². The van der Waals surface area contributed by atoms with Gasteiger partial charge in [0, 0.05) is 12.8 Å². The van der Waals surface area contributed by atoms with E-state index in [0.29, 0.717) is 0 Å². The Morgan fingerprint density at radius 2 is 1.62 bits per heavy atom. The fourth-order valence-electron chi connectivity index (χ4n) is 2.70. The number of methoxy groups -OCH3 is 2. The zero-order chi connectivity index (χ0) is 14.8. The average molecular weight is 283 g/mol. The summed E-state index contributed by atoms with van der Waals surface area (Å²) < 4.78 is 10.5. The molecule has 21 heavy (non-hydrogen) atoms. The number of rotatable bonds is 4. The summed E-state index contributed by atoms with van der Waals surface area (Å²) in [6, 6.07) is 17.3. The molecule has 1 heterocycles. The van der Waals surface area contributed by atoms with Gasteiger partial charge in [-0.3, -0.25) is 9.69 Å². The summed E-state index contributed by atoms with van der Waals surface area (Å²) >= 11 is 0. The predicted octanol–water partition coefficient (Wildman–Crippen LogP) is 2.80. The molecule has 1 amide bonds. The molecule has 0 spiro atoms. The lowest BCUT2D eigenvalue weighted by atomic mass is 9.90.